The average molecular weight is 290 g/mol. The number of aromatic nitrogens is 2. The van der Waals surface area contributed by atoms with Crippen LogP contribution >= 0.6 is 11.6 Å². The standard InChI is InChI=1S/C15H16ClN3O/c1-10(11-5-6-11)17-14(20)8-7-12-15(16)18-13-4-2-3-9-19(12)13/h2-4,7-11H,5-6H2,1H3,(H,17,20)/b8-7+. The molecular weight excluding hydrogens is 274 g/mol. The third-order valence-corrected chi connectivity index (χ3v) is 3.89. The zero-order valence-electron chi connectivity index (χ0n) is 11.2. The van der Waals surface area contributed by atoms with Gasteiger partial charge in [-0.05, 0) is 43.9 Å². The number of pyridine rings is 1. The van der Waals surface area contributed by atoms with Crippen molar-refractivity contribution < 1.29 is 4.79 Å². The highest BCUT2D eigenvalue weighted by Gasteiger charge is 2.28. The molecule has 0 saturated heterocycles. The average Bonchev–Trinajstić information content (AvgIpc) is 3.21. The van der Waals surface area contributed by atoms with Crippen LogP contribution in [0.15, 0.2) is 30.5 Å². The van der Waals surface area contributed by atoms with Crippen LogP contribution in [0.25, 0.3) is 11.7 Å². The van der Waals surface area contributed by atoms with Crippen molar-refractivity contribution in [2.45, 2.75) is 25.8 Å². The largest absolute Gasteiger partial charge is 0.350 e. The van der Waals surface area contributed by atoms with Gasteiger partial charge >= 0.3 is 0 Å². The molecule has 1 unspecified atom stereocenters. The van der Waals surface area contributed by atoms with Crippen molar-refractivity contribution in [1.82, 2.24) is 14.7 Å². The van der Waals surface area contributed by atoms with Gasteiger partial charge in [0.05, 0.1) is 5.69 Å². The van der Waals surface area contributed by atoms with E-state index in [1.807, 2.05) is 35.7 Å². The number of halogens is 1. The van der Waals surface area contributed by atoms with E-state index in [2.05, 4.69) is 10.3 Å². The Hall–Kier alpha value is -1.81. The monoisotopic (exact) mass is 289 g/mol. The van der Waals surface area contributed by atoms with Gasteiger partial charge in [0.1, 0.15) is 5.65 Å². The molecule has 1 aliphatic carbocycles. The lowest BCUT2D eigenvalue weighted by Gasteiger charge is -2.10. The Kier molecular flexibility index (Phi) is 3.49. The Labute approximate surface area is 122 Å². The molecule has 3 rings (SSSR count). The van der Waals surface area contributed by atoms with Crippen molar-refractivity contribution >= 4 is 29.2 Å². The van der Waals surface area contributed by atoms with Crippen LogP contribution in [0.4, 0.5) is 0 Å². The number of hydrogen-bond donors (Lipinski definition) is 1. The van der Waals surface area contributed by atoms with Crippen LogP contribution < -0.4 is 5.32 Å². The van der Waals surface area contributed by atoms with E-state index in [9.17, 15) is 4.79 Å². The summed E-state index contributed by atoms with van der Waals surface area (Å²) in [4.78, 5) is 16.1. The first kappa shape index (κ1) is 13.2. The predicted molar refractivity (Wildman–Crippen MR) is 79.6 cm³/mol. The molecule has 104 valence electrons. The van der Waals surface area contributed by atoms with Crippen LogP contribution in [0.2, 0.25) is 5.15 Å². The lowest BCUT2D eigenvalue weighted by molar-refractivity contribution is -0.117. The molecule has 1 fully saturated rings. The van der Waals surface area contributed by atoms with E-state index in [0.717, 1.165) is 11.3 Å². The first-order valence-electron chi connectivity index (χ1n) is 6.76. The lowest BCUT2D eigenvalue weighted by Crippen LogP contribution is -2.32. The maximum atomic E-state index is 11.9. The van der Waals surface area contributed by atoms with Gasteiger partial charge in [0.15, 0.2) is 5.15 Å². The summed E-state index contributed by atoms with van der Waals surface area (Å²) in [6.07, 6.45) is 7.52. The second-order valence-corrected chi connectivity index (χ2v) is 5.54. The number of carbonyl (C=O) groups is 1. The van der Waals surface area contributed by atoms with Crippen LogP contribution in [-0.2, 0) is 4.79 Å². The molecule has 2 heterocycles. The number of nitrogens with zero attached hydrogens (tertiary/aromatic N) is 2. The molecule has 1 saturated carbocycles. The van der Waals surface area contributed by atoms with Crippen LogP contribution in [0.1, 0.15) is 25.5 Å². The van der Waals surface area contributed by atoms with E-state index >= 15 is 0 Å². The van der Waals surface area contributed by atoms with Crippen molar-refractivity contribution in [2.24, 2.45) is 5.92 Å². The lowest BCUT2D eigenvalue weighted by atomic mass is 10.2. The molecule has 1 atom stereocenters. The van der Waals surface area contributed by atoms with Crippen LogP contribution in [0.3, 0.4) is 0 Å². The molecular formula is C15H16ClN3O. The van der Waals surface area contributed by atoms with Crippen molar-refractivity contribution in [1.29, 1.82) is 0 Å². The van der Waals surface area contributed by atoms with Gasteiger partial charge in [-0.15, -0.1) is 0 Å². The van der Waals surface area contributed by atoms with Gasteiger partial charge in [-0.1, -0.05) is 17.7 Å². The predicted octanol–water partition coefficient (Wildman–Crippen LogP) is 2.92. The summed E-state index contributed by atoms with van der Waals surface area (Å²) in [7, 11) is 0. The van der Waals surface area contributed by atoms with E-state index in [4.69, 9.17) is 11.6 Å². The van der Waals surface area contributed by atoms with Crippen molar-refractivity contribution in [3.05, 3.63) is 41.3 Å². The molecule has 2 aromatic heterocycles. The summed E-state index contributed by atoms with van der Waals surface area (Å²) in [5.74, 6) is 0.554. The second-order valence-electron chi connectivity index (χ2n) is 5.18. The van der Waals surface area contributed by atoms with E-state index in [1.54, 1.807) is 6.08 Å². The van der Waals surface area contributed by atoms with E-state index in [0.29, 0.717) is 11.1 Å². The minimum atomic E-state index is -0.0913. The Balaban J connectivity index is 1.76. The van der Waals surface area contributed by atoms with E-state index in [-0.39, 0.29) is 11.9 Å². The van der Waals surface area contributed by atoms with Gasteiger partial charge in [0, 0.05) is 18.3 Å². The quantitative estimate of drug-likeness (QED) is 0.880. The summed E-state index contributed by atoms with van der Waals surface area (Å²) in [6, 6.07) is 5.91. The number of hydrogen-bond acceptors (Lipinski definition) is 2. The molecule has 20 heavy (non-hydrogen) atoms. The highest BCUT2D eigenvalue weighted by Crippen LogP contribution is 2.32. The number of fused-ring (bicyclic) bond motifs is 1. The molecule has 2 aromatic rings. The number of imidazole rings is 1. The molecule has 0 aliphatic heterocycles. The first-order chi connectivity index (χ1) is 9.65. The molecule has 1 N–H and O–H groups in total. The summed E-state index contributed by atoms with van der Waals surface area (Å²) in [5.41, 5.74) is 1.49. The Morgan fingerprint density at radius 2 is 2.35 bits per heavy atom. The SMILES string of the molecule is CC(NC(=O)/C=C/c1c(Cl)nc2ccccn12)C1CC1. The topological polar surface area (TPSA) is 46.4 Å². The third kappa shape index (κ3) is 2.70. The Morgan fingerprint density at radius 3 is 3.10 bits per heavy atom. The van der Waals surface area contributed by atoms with Gasteiger partial charge in [-0.25, -0.2) is 4.98 Å². The van der Waals surface area contributed by atoms with Crippen molar-refractivity contribution in [2.75, 3.05) is 0 Å². The summed E-state index contributed by atoms with van der Waals surface area (Å²) in [5, 5.41) is 3.37. The molecule has 1 amide bonds. The number of rotatable bonds is 4. The molecule has 0 aromatic carbocycles. The molecule has 0 radical (unpaired) electrons. The fraction of sp³-hybridized carbons (Fsp3) is 0.333. The Morgan fingerprint density at radius 1 is 1.55 bits per heavy atom. The second kappa shape index (κ2) is 5.29. The number of amides is 1. The van der Waals surface area contributed by atoms with Gasteiger partial charge in [-0.2, -0.15) is 0 Å². The fourth-order valence-electron chi connectivity index (χ4n) is 2.28. The molecule has 1 aliphatic rings. The zero-order valence-corrected chi connectivity index (χ0v) is 12.0. The Bertz CT molecular complexity index is 673. The molecule has 4 nitrogen and oxygen atoms in total. The number of carbonyl (C=O) groups excluding carboxylic acids is 1. The third-order valence-electron chi connectivity index (χ3n) is 3.61. The minimum Gasteiger partial charge on any atom is -0.350 e. The van der Waals surface area contributed by atoms with Crippen molar-refractivity contribution in [3.63, 3.8) is 0 Å². The minimum absolute atomic E-state index is 0.0913. The van der Waals surface area contributed by atoms with E-state index in [1.165, 1.54) is 18.9 Å². The number of nitrogens with one attached hydrogen (secondary N) is 1. The first-order valence-corrected chi connectivity index (χ1v) is 7.14. The van der Waals surface area contributed by atoms with Gasteiger partial charge in [0.25, 0.3) is 0 Å². The molecule has 0 bridgehead atoms. The fourth-order valence-corrected chi connectivity index (χ4v) is 2.52. The summed E-state index contributed by atoms with van der Waals surface area (Å²) >= 11 is 6.10. The molecule has 5 heteroatoms. The summed E-state index contributed by atoms with van der Waals surface area (Å²) < 4.78 is 1.86. The highest BCUT2D eigenvalue weighted by molar-refractivity contribution is 6.31. The molecule has 0 spiro atoms. The van der Waals surface area contributed by atoms with Gasteiger partial charge in [-0.3, -0.25) is 9.20 Å². The van der Waals surface area contributed by atoms with Crippen LogP contribution in [-0.4, -0.2) is 21.3 Å². The van der Waals surface area contributed by atoms with Crippen LogP contribution in [0, 0.1) is 5.92 Å². The normalized spacial score (nSPS) is 16.7. The van der Waals surface area contributed by atoms with Crippen LogP contribution in [0.5, 0.6) is 0 Å². The zero-order chi connectivity index (χ0) is 14.1. The maximum Gasteiger partial charge on any atom is 0.244 e. The van der Waals surface area contributed by atoms with Gasteiger partial charge < -0.3 is 5.32 Å². The van der Waals surface area contributed by atoms with E-state index < -0.39 is 0 Å². The smallest absolute Gasteiger partial charge is 0.244 e. The maximum absolute atomic E-state index is 11.9. The summed E-state index contributed by atoms with van der Waals surface area (Å²) in [6.45, 7) is 2.05. The van der Waals surface area contributed by atoms with Crippen molar-refractivity contribution in [3.8, 4) is 0 Å². The highest BCUT2D eigenvalue weighted by atomic mass is 35.5. The van der Waals surface area contributed by atoms with Gasteiger partial charge in [0.2, 0.25) is 5.91 Å².